The second kappa shape index (κ2) is 5.25. The highest BCUT2D eigenvalue weighted by Crippen LogP contribution is 2.43. The van der Waals surface area contributed by atoms with Crippen molar-refractivity contribution in [1.82, 2.24) is 5.32 Å². The summed E-state index contributed by atoms with van der Waals surface area (Å²) in [5.74, 6) is 0.592. The molecule has 0 aromatic heterocycles. The van der Waals surface area contributed by atoms with Gasteiger partial charge >= 0.3 is 0 Å². The van der Waals surface area contributed by atoms with E-state index in [4.69, 9.17) is 4.74 Å². The molecule has 3 nitrogen and oxygen atoms in total. The third-order valence-electron chi connectivity index (χ3n) is 3.59. The van der Waals surface area contributed by atoms with Gasteiger partial charge in [0.15, 0.2) is 0 Å². The molecule has 3 heteroatoms. The lowest BCUT2D eigenvalue weighted by atomic mass is 9.64. The molecule has 0 heterocycles. The minimum atomic E-state index is -0.639. The van der Waals surface area contributed by atoms with Gasteiger partial charge in [-0.3, -0.25) is 0 Å². The molecule has 0 aliphatic heterocycles. The number of aliphatic hydroxyl groups is 1. The van der Waals surface area contributed by atoms with Crippen LogP contribution < -0.4 is 5.32 Å². The summed E-state index contributed by atoms with van der Waals surface area (Å²) in [7, 11) is 0. The van der Waals surface area contributed by atoms with Gasteiger partial charge < -0.3 is 15.2 Å². The Labute approximate surface area is 106 Å². The normalized spacial score (nSPS) is 28.2. The Bertz CT molecular complexity index is 243. The van der Waals surface area contributed by atoms with Gasteiger partial charge in [0.2, 0.25) is 0 Å². The van der Waals surface area contributed by atoms with Crippen LogP contribution in [-0.4, -0.2) is 36.0 Å². The number of ether oxygens (including phenoxy) is 1. The standard InChI is InChI=1S/C14H29NO2/c1-10(2)8-17-12-7-11(14(12,5)6)15-9-13(3,4)16/h10-12,15-16H,7-9H2,1-6H3. The van der Waals surface area contributed by atoms with Crippen molar-refractivity contribution in [2.45, 2.75) is 65.7 Å². The quantitative estimate of drug-likeness (QED) is 0.751. The van der Waals surface area contributed by atoms with Gasteiger partial charge in [-0.1, -0.05) is 27.7 Å². The number of rotatable bonds is 6. The van der Waals surface area contributed by atoms with E-state index in [1.807, 2.05) is 13.8 Å². The molecule has 1 saturated carbocycles. The first-order valence-corrected chi connectivity index (χ1v) is 6.70. The van der Waals surface area contributed by atoms with Gasteiger partial charge in [0.25, 0.3) is 0 Å². The van der Waals surface area contributed by atoms with Crippen molar-refractivity contribution in [2.75, 3.05) is 13.2 Å². The van der Waals surface area contributed by atoms with Crippen LogP contribution in [0.3, 0.4) is 0 Å². The third kappa shape index (κ3) is 4.23. The summed E-state index contributed by atoms with van der Waals surface area (Å²) < 4.78 is 5.91. The van der Waals surface area contributed by atoms with E-state index in [-0.39, 0.29) is 5.41 Å². The van der Waals surface area contributed by atoms with Gasteiger partial charge in [0.1, 0.15) is 0 Å². The summed E-state index contributed by atoms with van der Waals surface area (Å²) >= 11 is 0. The van der Waals surface area contributed by atoms with Crippen LogP contribution >= 0.6 is 0 Å². The van der Waals surface area contributed by atoms with E-state index in [0.717, 1.165) is 13.0 Å². The highest BCUT2D eigenvalue weighted by molar-refractivity contribution is 5.03. The SMILES string of the molecule is CC(C)COC1CC(NCC(C)(C)O)C1(C)C. The molecule has 1 aliphatic rings. The van der Waals surface area contributed by atoms with E-state index in [2.05, 4.69) is 33.0 Å². The Kier molecular flexibility index (Phi) is 4.61. The molecule has 2 unspecified atom stereocenters. The minimum Gasteiger partial charge on any atom is -0.389 e. The molecule has 1 aliphatic carbocycles. The van der Waals surface area contributed by atoms with Crippen LogP contribution in [0.4, 0.5) is 0 Å². The summed E-state index contributed by atoms with van der Waals surface area (Å²) in [4.78, 5) is 0. The van der Waals surface area contributed by atoms with Crippen molar-refractivity contribution < 1.29 is 9.84 Å². The van der Waals surface area contributed by atoms with E-state index in [0.29, 0.717) is 24.6 Å². The van der Waals surface area contributed by atoms with Crippen molar-refractivity contribution in [2.24, 2.45) is 11.3 Å². The van der Waals surface area contributed by atoms with Gasteiger partial charge in [-0.25, -0.2) is 0 Å². The fraction of sp³-hybridized carbons (Fsp3) is 1.00. The Balaban J connectivity index is 2.33. The predicted octanol–water partition coefficient (Wildman–Crippen LogP) is 2.19. The highest BCUT2D eigenvalue weighted by Gasteiger charge is 2.48. The lowest BCUT2D eigenvalue weighted by molar-refractivity contribution is -0.126. The van der Waals surface area contributed by atoms with Gasteiger partial charge in [-0.15, -0.1) is 0 Å². The average molecular weight is 243 g/mol. The van der Waals surface area contributed by atoms with E-state index in [1.54, 1.807) is 0 Å². The van der Waals surface area contributed by atoms with Crippen LogP contribution in [0, 0.1) is 11.3 Å². The van der Waals surface area contributed by atoms with Gasteiger partial charge in [0.05, 0.1) is 11.7 Å². The first-order chi connectivity index (χ1) is 7.63. The fourth-order valence-electron chi connectivity index (χ4n) is 2.20. The maximum atomic E-state index is 9.70. The van der Waals surface area contributed by atoms with Crippen molar-refractivity contribution >= 4 is 0 Å². The monoisotopic (exact) mass is 243 g/mol. The first-order valence-electron chi connectivity index (χ1n) is 6.70. The summed E-state index contributed by atoms with van der Waals surface area (Å²) in [5.41, 5.74) is -0.472. The van der Waals surface area contributed by atoms with E-state index in [9.17, 15) is 5.11 Å². The van der Waals surface area contributed by atoms with Crippen molar-refractivity contribution in [1.29, 1.82) is 0 Å². The maximum Gasteiger partial charge on any atom is 0.0715 e. The van der Waals surface area contributed by atoms with Crippen molar-refractivity contribution in [3.05, 3.63) is 0 Å². The second-order valence-electron chi connectivity index (χ2n) is 7.02. The third-order valence-corrected chi connectivity index (χ3v) is 3.59. The van der Waals surface area contributed by atoms with Crippen LogP contribution in [-0.2, 0) is 4.74 Å². The largest absolute Gasteiger partial charge is 0.389 e. The molecule has 0 saturated heterocycles. The molecule has 0 amide bonds. The number of hydrogen-bond acceptors (Lipinski definition) is 3. The van der Waals surface area contributed by atoms with Crippen LogP contribution in [0.25, 0.3) is 0 Å². The first kappa shape index (κ1) is 14.9. The Morgan fingerprint density at radius 2 is 2.00 bits per heavy atom. The zero-order valence-corrected chi connectivity index (χ0v) is 12.2. The molecule has 0 aromatic rings. The van der Waals surface area contributed by atoms with E-state index < -0.39 is 5.60 Å². The van der Waals surface area contributed by atoms with Crippen LogP contribution in [0.2, 0.25) is 0 Å². The van der Waals surface area contributed by atoms with Crippen molar-refractivity contribution in [3.8, 4) is 0 Å². The van der Waals surface area contributed by atoms with Crippen LogP contribution in [0.1, 0.15) is 48.0 Å². The Morgan fingerprint density at radius 1 is 1.41 bits per heavy atom. The summed E-state index contributed by atoms with van der Waals surface area (Å²) in [6.45, 7) is 14.0. The molecule has 2 atom stereocenters. The van der Waals surface area contributed by atoms with Crippen LogP contribution in [0.15, 0.2) is 0 Å². The van der Waals surface area contributed by atoms with Crippen molar-refractivity contribution in [3.63, 3.8) is 0 Å². The molecule has 0 aromatic carbocycles. The molecular formula is C14H29NO2. The molecule has 2 N–H and O–H groups in total. The van der Waals surface area contributed by atoms with Gasteiger partial charge in [-0.05, 0) is 26.2 Å². The molecule has 1 rings (SSSR count). The summed E-state index contributed by atoms with van der Waals surface area (Å²) in [5, 5.41) is 13.1. The molecule has 0 spiro atoms. The lowest BCUT2D eigenvalue weighted by Gasteiger charge is -2.52. The zero-order valence-electron chi connectivity index (χ0n) is 12.2. The zero-order chi connectivity index (χ0) is 13.3. The van der Waals surface area contributed by atoms with Gasteiger partial charge in [0, 0.05) is 24.6 Å². The summed E-state index contributed by atoms with van der Waals surface area (Å²) in [6.07, 6.45) is 1.40. The smallest absolute Gasteiger partial charge is 0.0715 e. The van der Waals surface area contributed by atoms with E-state index in [1.165, 1.54) is 0 Å². The molecule has 102 valence electrons. The highest BCUT2D eigenvalue weighted by atomic mass is 16.5. The summed E-state index contributed by atoms with van der Waals surface area (Å²) in [6, 6.07) is 0.450. The molecule has 0 bridgehead atoms. The number of nitrogens with one attached hydrogen (secondary N) is 1. The second-order valence-corrected chi connectivity index (χ2v) is 7.02. The fourth-order valence-corrected chi connectivity index (χ4v) is 2.20. The van der Waals surface area contributed by atoms with Crippen LogP contribution in [0.5, 0.6) is 0 Å². The Hall–Kier alpha value is -0.120. The lowest BCUT2D eigenvalue weighted by Crippen LogP contribution is -2.62. The molecule has 0 radical (unpaired) electrons. The number of hydrogen-bond donors (Lipinski definition) is 2. The molecule has 17 heavy (non-hydrogen) atoms. The predicted molar refractivity (Wildman–Crippen MR) is 71.1 cm³/mol. The topological polar surface area (TPSA) is 41.5 Å². The maximum absolute atomic E-state index is 9.70. The van der Waals surface area contributed by atoms with Gasteiger partial charge in [-0.2, -0.15) is 0 Å². The minimum absolute atomic E-state index is 0.167. The average Bonchev–Trinajstić information content (AvgIpc) is 2.13. The Morgan fingerprint density at radius 3 is 2.41 bits per heavy atom. The van der Waals surface area contributed by atoms with E-state index >= 15 is 0 Å². The molecular weight excluding hydrogens is 214 g/mol. The molecule has 1 fully saturated rings.